The van der Waals surface area contributed by atoms with E-state index in [0.717, 1.165) is 12.8 Å². The molecule has 0 saturated carbocycles. The summed E-state index contributed by atoms with van der Waals surface area (Å²) >= 11 is 0. The van der Waals surface area contributed by atoms with Gasteiger partial charge in [0.05, 0.1) is 0 Å². The molecule has 5 nitrogen and oxygen atoms in total. The molecule has 0 saturated heterocycles. The third-order valence-corrected chi connectivity index (χ3v) is 6.55. The Hall–Kier alpha value is -1.48. The SMILES string of the molecule is CCCCCCCCCCCCCCCCCC(=O)[O-].[O-]P(Oc1ccccc1)Oc1ccccc1.[Zn+2]. The number of rotatable bonds is 20. The molecule has 2 aromatic carbocycles. The fourth-order valence-electron chi connectivity index (χ4n) is 3.79. The van der Waals surface area contributed by atoms with Gasteiger partial charge in [-0.3, -0.25) is 0 Å². The number of carboxylic acid groups (broad SMARTS) is 1. The van der Waals surface area contributed by atoms with E-state index in [1.807, 2.05) is 12.1 Å². The van der Waals surface area contributed by atoms with Gasteiger partial charge in [-0.1, -0.05) is 133 Å². The molecule has 2 aromatic rings. The Labute approximate surface area is 239 Å². The fourth-order valence-corrected chi connectivity index (χ4v) is 4.42. The largest absolute Gasteiger partial charge is 2.00 e. The van der Waals surface area contributed by atoms with Gasteiger partial charge in [0.1, 0.15) is 11.5 Å². The zero-order valence-electron chi connectivity index (χ0n) is 22.8. The Morgan fingerprint density at radius 3 is 1.27 bits per heavy atom. The van der Waals surface area contributed by atoms with Crippen LogP contribution in [0.5, 0.6) is 11.5 Å². The summed E-state index contributed by atoms with van der Waals surface area (Å²) in [7, 11) is -2.18. The molecule has 0 aliphatic heterocycles. The normalized spacial score (nSPS) is 10.2. The molecule has 0 bridgehead atoms. The van der Waals surface area contributed by atoms with Crippen molar-refractivity contribution in [3.8, 4) is 11.5 Å². The zero-order chi connectivity index (χ0) is 26.1. The van der Waals surface area contributed by atoms with Crippen LogP contribution < -0.4 is 19.0 Å². The minimum atomic E-state index is -2.18. The Kier molecular flexibility index (Phi) is 25.1. The second-order valence-corrected chi connectivity index (χ2v) is 9.92. The van der Waals surface area contributed by atoms with Crippen LogP contribution in [-0.2, 0) is 24.3 Å². The van der Waals surface area contributed by atoms with Crippen molar-refractivity contribution in [2.75, 3.05) is 0 Å². The summed E-state index contributed by atoms with van der Waals surface area (Å²) in [6, 6.07) is 17.8. The van der Waals surface area contributed by atoms with Gasteiger partial charge in [-0.15, -0.1) is 0 Å². The number of aliphatic carboxylic acids is 1. The van der Waals surface area contributed by atoms with Crippen LogP contribution in [0.15, 0.2) is 60.7 Å². The van der Waals surface area contributed by atoms with Crippen LogP contribution in [0.1, 0.15) is 110 Å². The fraction of sp³-hybridized carbons (Fsp3) is 0.567. The molecule has 0 aliphatic carbocycles. The number of hydrogen-bond acceptors (Lipinski definition) is 5. The number of carbonyl (C=O) groups is 1. The van der Waals surface area contributed by atoms with Crippen molar-refractivity contribution in [3.63, 3.8) is 0 Å². The maximum Gasteiger partial charge on any atom is 2.00 e. The van der Waals surface area contributed by atoms with E-state index in [1.165, 1.54) is 83.5 Å². The van der Waals surface area contributed by atoms with Crippen LogP contribution in [0.3, 0.4) is 0 Å². The first-order valence-corrected chi connectivity index (χ1v) is 14.8. The minimum Gasteiger partial charge on any atom is -0.765 e. The van der Waals surface area contributed by atoms with Gasteiger partial charge in [0, 0.05) is 5.97 Å². The Bertz CT molecular complexity index is 707. The molecule has 37 heavy (non-hydrogen) atoms. The van der Waals surface area contributed by atoms with Crippen molar-refractivity contribution in [1.29, 1.82) is 0 Å². The first-order valence-electron chi connectivity index (χ1n) is 13.7. The van der Waals surface area contributed by atoms with Crippen LogP contribution in [0, 0.1) is 0 Å². The van der Waals surface area contributed by atoms with Crippen molar-refractivity contribution in [2.45, 2.75) is 110 Å². The maximum absolute atomic E-state index is 11.5. The summed E-state index contributed by atoms with van der Waals surface area (Å²) < 4.78 is 10.2. The van der Waals surface area contributed by atoms with Gasteiger partial charge in [-0.05, 0) is 37.1 Å². The molecule has 0 aliphatic rings. The standard InChI is InChI=1S/C18H36O2.C12H10O3P.Zn/c1-2-3-4-5-6-7-8-9-10-11-12-13-14-15-16-17-18(19)20;13-16(14-11-7-3-1-4-8-11)15-12-9-5-2-6-10-12;/h2-17H2,1H3,(H,19,20);1-10H;/q;-1;+2/p-1. The first kappa shape index (κ1) is 35.5. The third-order valence-electron chi connectivity index (χ3n) is 5.83. The molecular weight excluding hydrogens is 537 g/mol. The molecule has 0 aromatic heterocycles. The molecule has 0 amide bonds. The van der Waals surface area contributed by atoms with Crippen molar-refractivity contribution < 1.29 is 43.3 Å². The number of hydrogen-bond donors (Lipinski definition) is 0. The van der Waals surface area contributed by atoms with Crippen LogP contribution >= 0.6 is 8.60 Å². The minimum absolute atomic E-state index is 0. The van der Waals surface area contributed by atoms with Crippen molar-refractivity contribution in [2.24, 2.45) is 0 Å². The molecular formula is C30H45O5PZn. The van der Waals surface area contributed by atoms with Gasteiger partial charge >= 0.3 is 19.5 Å². The Balaban J connectivity index is 0.000000694. The number of unbranched alkanes of at least 4 members (excludes halogenated alkanes) is 14. The molecule has 0 spiro atoms. The van der Waals surface area contributed by atoms with E-state index in [-0.39, 0.29) is 25.9 Å². The molecule has 0 fully saturated rings. The number of para-hydroxylation sites is 2. The van der Waals surface area contributed by atoms with E-state index in [9.17, 15) is 14.8 Å². The van der Waals surface area contributed by atoms with E-state index in [1.54, 1.807) is 48.5 Å². The van der Waals surface area contributed by atoms with Gasteiger partial charge in [-0.25, -0.2) is 0 Å². The van der Waals surface area contributed by atoms with E-state index < -0.39 is 14.6 Å². The first-order chi connectivity index (χ1) is 17.6. The van der Waals surface area contributed by atoms with E-state index >= 15 is 0 Å². The van der Waals surface area contributed by atoms with Gasteiger partial charge < -0.3 is 23.8 Å². The summed E-state index contributed by atoms with van der Waals surface area (Å²) in [5.74, 6) is 0.152. The average molecular weight is 582 g/mol. The Morgan fingerprint density at radius 1 is 0.622 bits per heavy atom. The summed E-state index contributed by atoms with van der Waals surface area (Å²) in [4.78, 5) is 21.7. The summed E-state index contributed by atoms with van der Waals surface area (Å²) in [5, 5.41) is 10.2. The number of carboxylic acids is 1. The van der Waals surface area contributed by atoms with Gasteiger partial charge in [0.15, 0.2) is 0 Å². The monoisotopic (exact) mass is 580 g/mol. The van der Waals surface area contributed by atoms with Crippen LogP contribution in [0.2, 0.25) is 0 Å². The van der Waals surface area contributed by atoms with Crippen molar-refractivity contribution in [3.05, 3.63) is 60.7 Å². The van der Waals surface area contributed by atoms with Gasteiger partial charge in [0.25, 0.3) is 0 Å². The van der Waals surface area contributed by atoms with E-state index in [0.29, 0.717) is 11.5 Å². The smallest absolute Gasteiger partial charge is 0.765 e. The van der Waals surface area contributed by atoms with Crippen LogP contribution in [-0.4, -0.2) is 5.97 Å². The summed E-state index contributed by atoms with van der Waals surface area (Å²) in [5.41, 5.74) is 0. The van der Waals surface area contributed by atoms with Gasteiger partial charge in [0.2, 0.25) is 8.60 Å². The van der Waals surface area contributed by atoms with E-state index in [4.69, 9.17) is 9.05 Å². The zero-order valence-corrected chi connectivity index (χ0v) is 26.6. The van der Waals surface area contributed by atoms with Crippen molar-refractivity contribution >= 4 is 14.6 Å². The molecule has 202 valence electrons. The molecule has 7 heteroatoms. The van der Waals surface area contributed by atoms with Crippen LogP contribution in [0.25, 0.3) is 0 Å². The third kappa shape index (κ3) is 23.4. The van der Waals surface area contributed by atoms with Crippen molar-refractivity contribution in [1.82, 2.24) is 0 Å². The van der Waals surface area contributed by atoms with Crippen LogP contribution in [0.4, 0.5) is 0 Å². The Morgan fingerprint density at radius 2 is 0.946 bits per heavy atom. The molecule has 0 atom stereocenters. The van der Waals surface area contributed by atoms with Gasteiger partial charge in [-0.2, -0.15) is 0 Å². The number of carbonyl (C=O) groups excluding carboxylic acids is 1. The predicted molar refractivity (Wildman–Crippen MR) is 146 cm³/mol. The molecule has 0 unspecified atom stereocenters. The van der Waals surface area contributed by atoms with E-state index in [2.05, 4.69) is 6.92 Å². The second-order valence-electron chi connectivity index (χ2n) is 9.10. The predicted octanol–water partition coefficient (Wildman–Crippen LogP) is 7.73. The summed E-state index contributed by atoms with van der Waals surface area (Å²) in [6.07, 6.45) is 19.9. The second kappa shape index (κ2) is 26.1. The maximum atomic E-state index is 11.5. The molecule has 0 heterocycles. The summed E-state index contributed by atoms with van der Waals surface area (Å²) in [6.45, 7) is 2.27. The molecule has 2 rings (SSSR count). The molecule has 0 radical (unpaired) electrons. The molecule has 0 N–H and O–H groups in total. The number of benzene rings is 2. The topological polar surface area (TPSA) is 81.7 Å². The average Bonchev–Trinajstić information content (AvgIpc) is 2.88. The quantitative estimate of drug-likeness (QED) is 0.0908.